The topological polar surface area (TPSA) is 77.2 Å². The van der Waals surface area contributed by atoms with Gasteiger partial charge in [-0.2, -0.15) is 0 Å². The number of hydrogen-bond donors (Lipinski definition) is 1. The first-order chi connectivity index (χ1) is 12.8. The van der Waals surface area contributed by atoms with Crippen molar-refractivity contribution >= 4 is 11.6 Å². The zero-order valence-electron chi connectivity index (χ0n) is 15.8. The molecule has 0 bridgehead atoms. The second kappa shape index (κ2) is 6.23. The van der Waals surface area contributed by atoms with Crippen LogP contribution in [0, 0.1) is 13.8 Å². The third kappa shape index (κ3) is 3.43. The van der Waals surface area contributed by atoms with Crippen molar-refractivity contribution < 1.29 is 13.9 Å². The molecule has 4 rings (SSSR count). The van der Waals surface area contributed by atoms with Crippen LogP contribution in [0.5, 0.6) is 5.75 Å². The standard InChI is InChI=1S/C21H21N3O3/c1-12-5-6-16(23-10-12)15-8-18-14(9-21(3,4)27-18)7-17(15)24-20(25)19-11-22-13(2)26-19/h5-8,10-11H,9H2,1-4H3,(H,24,25). The van der Waals surface area contributed by atoms with Crippen molar-refractivity contribution in [1.82, 2.24) is 9.97 Å². The molecule has 3 aromatic rings. The number of benzene rings is 1. The molecular weight excluding hydrogens is 342 g/mol. The number of aryl methyl sites for hydroxylation is 2. The molecule has 0 saturated carbocycles. The quantitative estimate of drug-likeness (QED) is 0.750. The van der Waals surface area contributed by atoms with Crippen LogP contribution < -0.4 is 10.1 Å². The average molecular weight is 363 g/mol. The molecule has 1 N–H and O–H groups in total. The van der Waals surface area contributed by atoms with Gasteiger partial charge in [-0.05, 0) is 44.5 Å². The van der Waals surface area contributed by atoms with Crippen molar-refractivity contribution in [1.29, 1.82) is 0 Å². The Labute approximate surface area is 157 Å². The number of ether oxygens (including phenoxy) is 1. The largest absolute Gasteiger partial charge is 0.487 e. The molecule has 0 atom stereocenters. The number of carbonyl (C=O) groups excluding carboxylic acids is 1. The Kier molecular flexibility index (Phi) is 3.98. The van der Waals surface area contributed by atoms with Crippen molar-refractivity contribution in [2.75, 3.05) is 5.32 Å². The number of pyridine rings is 1. The summed E-state index contributed by atoms with van der Waals surface area (Å²) >= 11 is 0. The number of nitrogens with zero attached hydrogens (tertiary/aromatic N) is 2. The maximum atomic E-state index is 12.6. The number of hydrogen-bond acceptors (Lipinski definition) is 5. The summed E-state index contributed by atoms with van der Waals surface area (Å²) in [5.74, 6) is 1.10. The van der Waals surface area contributed by atoms with Gasteiger partial charge >= 0.3 is 0 Å². The van der Waals surface area contributed by atoms with Crippen LogP contribution in [0.1, 0.15) is 41.4 Å². The minimum absolute atomic E-state index is 0.174. The molecule has 0 aliphatic carbocycles. The fraction of sp³-hybridized carbons (Fsp3) is 0.286. The third-order valence-corrected chi connectivity index (χ3v) is 4.48. The number of amides is 1. The molecule has 1 aliphatic rings. The highest BCUT2D eigenvalue weighted by Crippen LogP contribution is 2.41. The van der Waals surface area contributed by atoms with E-state index in [9.17, 15) is 4.79 Å². The van der Waals surface area contributed by atoms with Crippen molar-refractivity contribution in [3.05, 3.63) is 59.4 Å². The van der Waals surface area contributed by atoms with Crippen LogP contribution in [0.4, 0.5) is 5.69 Å². The predicted octanol–water partition coefficient (Wildman–Crippen LogP) is 4.32. The minimum atomic E-state index is -0.345. The van der Waals surface area contributed by atoms with Crippen molar-refractivity contribution in [3.63, 3.8) is 0 Å². The number of nitrogens with one attached hydrogen (secondary N) is 1. The lowest BCUT2D eigenvalue weighted by molar-refractivity contribution is 0.0995. The number of fused-ring (bicyclic) bond motifs is 1. The van der Waals surface area contributed by atoms with Crippen LogP contribution in [0.25, 0.3) is 11.3 Å². The van der Waals surface area contributed by atoms with Gasteiger partial charge in [-0.3, -0.25) is 9.78 Å². The first kappa shape index (κ1) is 17.3. The molecule has 6 heteroatoms. The zero-order valence-corrected chi connectivity index (χ0v) is 15.8. The molecule has 0 fully saturated rings. The van der Waals surface area contributed by atoms with E-state index in [2.05, 4.69) is 15.3 Å². The maximum Gasteiger partial charge on any atom is 0.293 e. The fourth-order valence-corrected chi connectivity index (χ4v) is 3.24. The number of anilines is 1. The summed E-state index contributed by atoms with van der Waals surface area (Å²) in [5, 5.41) is 2.94. The van der Waals surface area contributed by atoms with E-state index < -0.39 is 0 Å². The summed E-state index contributed by atoms with van der Waals surface area (Å²) in [6.45, 7) is 7.78. The average Bonchev–Trinajstić information content (AvgIpc) is 3.16. The van der Waals surface area contributed by atoms with Gasteiger partial charge in [-0.1, -0.05) is 6.07 Å². The molecule has 1 aromatic carbocycles. The lowest BCUT2D eigenvalue weighted by Crippen LogP contribution is -2.24. The van der Waals surface area contributed by atoms with E-state index in [0.717, 1.165) is 34.6 Å². The van der Waals surface area contributed by atoms with Crippen molar-refractivity contribution in [2.45, 2.75) is 39.7 Å². The Bertz CT molecular complexity index is 1020. The second-order valence-electron chi connectivity index (χ2n) is 7.46. The van der Waals surface area contributed by atoms with Gasteiger partial charge in [0.1, 0.15) is 11.4 Å². The van der Waals surface area contributed by atoms with Gasteiger partial charge in [0.2, 0.25) is 5.76 Å². The van der Waals surface area contributed by atoms with Gasteiger partial charge in [0.15, 0.2) is 5.89 Å². The van der Waals surface area contributed by atoms with Crippen LogP contribution in [0.15, 0.2) is 41.1 Å². The van der Waals surface area contributed by atoms with Gasteiger partial charge in [-0.15, -0.1) is 0 Å². The van der Waals surface area contributed by atoms with E-state index in [0.29, 0.717) is 11.6 Å². The molecule has 27 heavy (non-hydrogen) atoms. The smallest absolute Gasteiger partial charge is 0.293 e. The Balaban J connectivity index is 1.77. The molecular formula is C21H21N3O3. The fourth-order valence-electron chi connectivity index (χ4n) is 3.24. The molecule has 2 aromatic heterocycles. The summed E-state index contributed by atoms with van der Waals surface area (Å²) in [6, 6.07) is 7.84. The molecule has 1 aliphatic heterocycles. The van der Waals surface area contributed by atoms with Crippen molar-refractivity contribution in [2.24, 2.45) is 0 Å². The SMILES string of the molecule is Cc1ccc(-c2cc3c(cc2NC(=O)c2cnc(C)o2)CC(C)(C)O3)nc1. The van der Waals surface area contributed by atoms with Gasteiger partial charge in [0, 0.05) is 30.7 Å². The number of aromatic nitrogens is 2. The second-order valence-corrected chi connectivity index (χ2v) is 7.46. The first-order valence-electron chi connectivity index (χ1n) is 8.83. The molecule has 0 spiro atoms. The monoisotopic (exact) mass is 363 g/mol. The Morgan fingerprint density at radius 2 is 1.96 bits per heavy atom. The van der Waals surface area contributed by atoms with Crippen molar-refractivity contribution in [3.8, 4) is 17.0 Å². The zero-order chi connectivity index (χ0) is 19.2. The van der Waals surface area contributed by atoms with E-state index in [1.54, 1.807) is 13.1 Å². The lowest BCUT2D eigenvalue weighted by Gasteiger charge is -2.17. The number of rotatable bonds is 3. The molecule has 1 amide bonds. The summed E-state index contributed by atoms with van der Waals surface area (Å²) in [6.07, 6.45) is 4.00. The molecule has 0 saturated heterocycles. The highest BCUT2D eigenvalue weighted by molar-refractivity contribution is 6.04. The molecule has 6 nitrogen and oxygen atoms in total. The van der Waals surface area contributed by atoms with Gasteiger partial charge in [0.25, 0.3) is 5.91 Å². The van der Waals surface area contributed by atoms with Gasteiger partial charge in [-0.25, -0.2) is 4.98 Å². The Hall–Kier alpha value is -3.15. The molecule has 0 radical (unpaired) electrons. The van der Waals surface area contributed by atoms with Crippen LogP contribution in [-0.2, 0) is 6.42 Å². The number of carbonyl (C=O) groups is 1. The van der Waals surface area contributed by atoms with E-state index >= 15 is 0 Å². The molecule has 3 heterocycles. The minimum Gasteiger partial charge on any atom is -0.487 e. The highest BCUT2D eigenvalue weighted by Gasteiger charge is 2.31. The lowest BCUT2D eigenvalue weighted by atomic mass is 9.98. The number of oxazole rings is 1. The summed E-state index contributed by atoms with van der Waals surface area (Å²) in [5.41, 5.74) is 4.09. The van der Waals surface area contributed by atoms with Gasteiger partial charge < -0.3 is 14.5 Å². The highest BCUT2D eigenvalue weighted by atomic mass is 16.5. The maximum absolute atomic E-state index is 12.6. The Morgan fingerprint density at radius 1 is 1.15 bits per heavy atom. The molecule has 138 valence electrons. The summed E-state index contributed by atoms with van der Waals surface area (Å²) in [7, 11) is 0. The van der Waals surface area contributed by atoms with E-state index in [4.69, 9.17) is 9.15 Å². The van der Waals surface area contributed by atoms with Crippen LogP contribution in [-0.4, -0.2) is 21.5 Å². The van der Waals surface area contributed by atoms with Crippen LogP contribution >= 0.6 is 0 Å². The van der Waals surface area contributed by atoms with Gasteiger partial charge in [0.05, 0.1) is 17.6 Å². The first-order valence-corrected chi connectivity index (χ1v) is 8.83. The third-order valence-electron chi connectivity index (χ3n) is 4.48. The summed E-state index contributed by atoms with van der Waals surface area (Å²) in [4.78, 5) is 21.1. The predicted molar refractivity (Wildman–Crippen MR) is 102 cm³/mol. The van der Waals surface area contributed by atoms with E-state index in [1.807, 2.05) is 45.0 Å². The van der Waals surface area contributed by atoms with Crippen LogP contribution in [0.3, 0.4) is 0 Å². The van der Waals surface area contributed by atoms with Crippen LogP contribution in [0.2, 0.25) is 0 Å². The Morgan fingerprint density at radius 3 is 2.63 bits per heavy atom. The summed E-state index contributed by atoms with van der Waals surface area (Å²) < 4.78 is 11.4. The normalized spacial score (nSPS) is 14.5. The molecule has 0 unspecified atom stereocenters. The van der Waals surface area contributed by atoms with E-state index in [-0.39, 0.29) is 17.3 Å². The van der Waals surface area contributed by atoms with E-state index in [1.165, 1.54) is 6.20 Å².